The van der Waals surface area contributed by atoms with Crippen LogP contribution in [0.2, 0.25) is 0 Å². The summed E-state index contributed by atoms with van der Waals surface area (Å²) in [6, 6.07) is 14.5. The third kappa shape index (κ3) is 5.86. The molecule has 2 aromatic rings. The molecule has 1 N–H and O–H groups in total. The fraction of sp³-hybridized carbons (Fsp3) is 0.292. The van der Waals surface area contributed by atoms with E-state index in [0.29, 0.717) is 35.8 Å². The number of carbonyl (C=O) groups is 2. The minimum absolute atomic E-state index is 0.0788. The van der Waals surface area contributed by atoms with E-state index in [2.05, 4.69) is 5.32 Å². The van der Waals surface area contributed by atoms with Crippen molar-refractivity contribution in [3.8, 4) is 17.6 Å². The number of hydrogen-bond donors (Lipinski definition) is 1. The van der Waals surface area contributed by atoms with Gasteiger partial charge in [0.15, 0.2) is 18.1 Å². The quantitative estimate of drug-likeness (QED) is 0.547. The van der Waals surface area contributed by atoms with Crippen LogP contribution in [0.25, 0.3) is 6.08 Å². The molecule has 1 fully saturated rings. The topological polar surface area (TPSA) is 91.7 Å². The van der Waals surface area contributed by atoms with Gasteiger partial charge in [0, 0.05) is 18.8 Å². The number of anilines is 1. The minimum Gasteiger partial charge on any atom is -0.493 e. The number of nitrogens with zero attached hydrogens (tertiary/aromatic N) is 2. The first-order chi connectivity index (χ1) is 15.0. The molecule has 2 amide bonds. The molecule has 1 aliphatic rings. The van der Waals surface area contributed by atoms with Crippen LogP contribution in [-0.2, 0) is 9.59 Å². The second-order valence-corrected chi connectivity index (χ2v) is 7.28. The predicted molar refractivity (Wildman–Crippen MR) is 118 cm³/mol. The van der Waals surface area contributed by atoms with Crippen LogP contribution >= 0.6 is 0 Å². The van der Waals surface area contributed by atoms with E-state index in [-0.39, 0.29) is 24.0 Å². The number of likely N-dealkylation sites (tertiary alicyclic amines) is 1. The Kier molecular flexibility index (Phi) is 7.28. The summed E-state index contributed by atoms with van der Waals surface area (Å²) in [6.45, 7) is 3.15. The van der Waals surface area contributed by atoms with Crippen molar-refractivity contribution < 1.29 is 19.1 Å². The largest absolute Gasteiger partial charge is 0.493 e. The summed E-state index contributed by atoms with van der Waals surface area (Å²) in [5.74, 6) is 0.246. The van der Waals surface area contributed by atoms with E-state index in [0.717, 1.165) is 18.4 Å². The number of amides is 2. The smallest absolute Gasteiger partial charge is 0.264 e. The first-order valence-corrected chi connectivity index (χ1v) is 10.1. The standard InChI is InChI=1S/C24H25N3O4/c1-17-5-8-20(9-6-17)26-23(28)16-31-21-10-7-18(14-22(21)30-2)13-19(15-25)24(29)27-11-3-4-12-27/h5-10,13-14H,3-4,11-12,16H2,1-2H3,(H,26,28)/b19-13+. The first kappa shape index (κ1) is 21.9. The number of aryl methyl sites for hydroxylation is 1. The average molecular weight is 419 g/mol. The molecular weight excluding hydrogens is 394 g/mol. The van der Waals surface area contributed by atoms with Gasteiger partial charge < -0.3 is 19.7 Å². The predicted octanol–water partition coefficient (Wildman–Crippen LogP) is 3.55. The number of methoxy groups -OCH3 is 1. The van der Waals surface area contributed by atoms with Gasteiger partial charge in [0.05, 0.1) is 7.11 Å². The van der Waals surface area contributed by atoms with Gasteiger partial charge in [-0.15, -0.1) is 0 Å². The van der Waals surface area contributed by atoms with Gasteiger partial charge in [-0.2, -0.15) is 5.26 Å². The molecule has 1 aliphatic heterocycles. The number of nitriles is 1. The number of hydrogen-bond acceptors (Lipinski definition) is 5. The lowest BCUT2D eigenvalue weighted by molar-refractivity contribution is -0.125. The normalized spacial score (nSPS) is 13.5. The Hall–Kier alpha value is -3.79. The summed E-state index contributed by atoms with van der Waals surface area (Å²) in [4.78, 5) is 26.3. The summed E-state index contributed by atoms with van der Waals surface area (Å²) < 4.78 is 11.0. The van der Waals surface area contributed by atoms with E-state index in [1.807, 2.05) is 37.3 Å². The van der Waals surface area contributed by atoms with Gasteiger partial charge in [-0.1, -0.05) is 23.8 Å². The number of ether oxygens (including phenoxy) is 2. The van der Waals surface area contributed by atoms with Gasteiger partial charge in [0.2, 0.25) is 0 Å². The maximum absolute atomic E-state index is 12.5. The van der Waals surface area contributed by atoms with Crippen LogP contribution in [0.15, 0.2) is 48.0 Å². The van der Waals surface area contributed by atoms with Gasteiger partial charge in [0.25, 0.3) is 11.8 Å². The van der Waals surface area contributed by atoms with Crippen LogP contribution < -0.4 is 14.8 Å². The number of nitrogens with one attached hydrogen (secondary N) is 1. The Morgan fingerprint density at radius 1 is 1.13 bits per heavy atom. The van der Waals surface area contributed by atoms with Gasteiger partial charge in [0.1, 0.15) is 11.6 Å². The van der Waals surface area contributed by atoms with Crippen LogP contribution in [0, 0.1) is 18.3 Å². The third-order valence-corrected chi connectivity index (χ3v) is 4.94. The monoisotopic (exact) mass is 419 g/mol. The molecule has 0 aromatic heterocycles. The summed E-state index contributed by atoms with van der Waals surface area (Å²) in [5, 5.41) is 12.2. The average Bonchev–Trinajstić information content (AvgIpc) is 3.32. The highest BCUT2D eigenvalue weighted by molar-refractivity contribution is 6.01. The van der Waals surface area contributed by atoms with E-state index in [1.54, 1.807) is 23.1 Å². The van der Waals surface area contributed by atoms with Crippen molar-refractivity contribution in [1.82, 2.24) is 4.90 Å². The molecule has 0 saturated carbocycles. The Balaban J connectivity index is 1.66. The Labute approximate surface area is 181 Å². The van der Waals surface area contributed by atoms with Gasteiger partial charge >= 0.3 is 0 Å². The SMILES string of the molecule is COc1cc(/C=C(\C#N)C(=O)N2CCCC2)ccc1OCC(=O)Nc1ccc(C)cc1. The summed E-state index contributed by atoms with van der Waals surface area (Å²) in [5.41, 5.74) is 2.51. The van der Waals surface area contributed by atoms with Crippen molar-refractivity contribution in [2.24, 2.45) is 0 Å². The number of carbonyl (C=O) groups excluding carboxylic acids is 2. The van der Waals surface area contributed by atoms with Crippen LogP contribution in [0.4, 0.5) is 5.69 Å². The Bertz CT molecular complexity index is 1020. The van der Waals surface area contributed by atoms with Gasteiger partial charge in [-0.05, 0) is 55.7 Å². The van der Waals surface area contributed by atoms with E-state index >= 15 is 0 Å². The molecule has 0 aliphatic carbocycles. The molecule has 0 spiro atoms. The number of benzene rings is 2. The van der Waals surface area contributed by atoms with Crippen molar-refractivity contribution in [1.29, 1.82) is 5.26 Å². The molecule has 0 radical (unpaired) electrons. The van der Waals surface area contributed by atoms with Crippen LogP contribution in [0.1, 0.15) is 24.0 Å². The van der Waals surface area contributed by atoms with E-state index in [9.17, 15) is 14.9 Å². The van der Waals surface area contributed by atoms with Crippen LogP contribution in [0.5, 0.6) is 11.5 Å². The highest BCUT2D eigenvalue weighted by Gasteiger charge is 2.21. The van der Waals surface area contributed by atoms with Crippen molar-refractivity contribution >= 4 is 23.6 Å². The molecule has 0 bridgehead atoms. The fourth-order valence-electron chi connectivity index (χ4n) is 3.27. The zero-order chi connectivity index (χ0) is 22.2. The molecule has 3 rings (SSSR count). The van der Waals surface area contributed by atoms with Crippen molar-refractivity contribution in [3.63, 3.8) is 0 Å². The molecule has 1 saturated heterocycles. The minimum atomic E-state index is -0.294. The molecule has 31 heavy (non-hydrogen) atoms. The van der Waals surface area contributed by atoms with E-state index < -0.39 is 0 Å². The summed E-state index contributed by atoms with van der Waals surface area (Å²) in [6.07, 6.45) is 3.46. The lowest BCUT2D eigenvalue weighted by atomic mass is 10.1. The highest BCUT2D eigenvalue weighted by atomic mass is 16.5. The van der Waals surface area contributed by atoms with E-state index in [4.69, 9.17) is 9.47 Å². The van der Waals surface area contributed by atoms with Crippen LogP contribution in [-0.4, -0.2) is 43.5 Å². The first-order valence-electron chi connectivity index (χ1n) is 10.1. The van der Waals surface area contributed by atoms with Crippen molar-refractivity contribution in [2.45, 2.75) is 19.8 Å². The van der Waals surface area contributed by atoms with Gasteiger partial charge in [-0.25, -0.2) is 0 Å². The Morgan fingerprint density at radius 3 is 2.48 bits per heavy atom. The summed E-state index contributed by atoms with van der Waals surface area (Å²) in [7, 11) is 1.49. The molecule has 160 valence electrons. The molecule has 2 aromatic carbocycles. The van der Waals surface area contributed by atoms with Crippen molar-refractivity contribution in [3.05, 3.63) is 59.2 Å². The summed E-state index contributed by atoms with van der Waals surface area (Å²) >= 11 is 0. The molecule has 0 unspecified atom stereocenters. The van der Waals surface area contributed by atoms with Gasteiger partial charge in [-0.3, -0.25) is 9.59 Å². The van der Waals surface area contributed by atoms with E-state index in [1.165, 1.54) is 13.2 Å². The molecule has 1 heterocycles. The maximum atomic E-state index is 12.5. The fourth-order valence-corrected chi connectivity index (χ4v) is 3.27. The molecule has 7 nitrogen and oxygen atoms in total. The lowest BCUT2D eigenvalue weighted by Gasteiger charge is -2.14. The third-order valence-electron chi connectivity index (χ3n) is 4.94. The Morgan fingerprint density at radius 2 is 1.84 bits per heavy atom. The second-order valence-electron chi connectivity index (χ2n) is 7.28. The lowest BCUT2D eigenvalue weighted by Crippen LogP contribution is -2.28. The zero-order valence-corrected chi connectivity index (χ0v) is 17.7. The van der Waals surface area contributed by atoms with Crippen molar-refractivity contribution in [2.75, 3.05) is 32.1 Å². The zero-order valence-electron chi connectivity index (χ0n) is 17.7. The molecule has 0 atom stereocenters. The van der Waals surface area contributed by atoms with Crippen LogP contribution in [0.3, 0.4) is 0 Å². The maximum Gasteiger partial charge on any atom is 0.264 e. The molecular formula is C24H25N3O4. The molecule has 7 heteroatoms. The second kappa shape index (κ2) is 10.3. The number of rotatable bonds is 7. The highest BCUT2D eigenvalue weighted by Crippen LogP contribution is 2.29.